The van der Waals surface area contributed by atoms with Crippen LogP contribution in [-0.2, 0) is 19.2 Å². The first kappa shape index (κ1) is 17.8. The van der Waals surface area contributed by atoms with E-state index in [0.717, 1.165) is 25.0 Å². The summed E-state index contributed by atoms with van der Waals surface area (Å²) in [4.78, 5) is 51.4. The number of benzene rings is 1. The molecule has 26 heavy (non-hydrogen) atoms. The van der Waals surface area contributed by atoms with Crippen LogP contribution in [0.15, 0.2) is 29.4 Å². The van der Waals surface area contributed by atoms with Gasteiger partial charge in [0.25, 0.3) is 11.8 Å². The average molecular weight is 357 g/mol. The molecule has 2 fully saturated rings. The number of carbonyl (C=O) groups is 4. The zero-order valence-corrected chi connectivity index (χ0v) is 14.4. The summed E-state index contributed by atoms with van der Waals surface area (Å²) in [6.45, 7) is 1.57. The van der Waals surface area contributed by atoms with Gasteiger partial charge in [-0.25, -0.2) is 4.79 Å². The highest BCUT2D eigenvalue weighted by atomic mass is 16.7. The van der Waals surface area contributed by atoms with Crippen LogP contribution in [0.1, 0.15) is 49.4 Å². The standard InChI is InChI=1S/C18H19N3O5/c1-11(22)14-3-2-4-15(14)20-19-13-7-5-12(6-8-13)18(25)26-21-16(23)9-10-17(21)24/h5-8,14,19H,2-4,9-10H2,1H3/b20-15-. The SMILES string of the molecule is CC(=O)C1CCC/C1=N/Nc1ccc(C(=O)ON2C(=O)CCC2=O)cc1. The number of hydrogen-bond donors (Lipinski definition) is 1. The summed E-state index contributed by atoms with van der Waals surface area (Å²) < 4.78 is 0. The van der Waals surface area contributed by atoms with Gasteiger partial charge in [-0.3, -0.25) is 19.8 Å². The Morgan fingerprint density at radius 2 is 1.77 bits per heavy atom. The van der Waals surface area contributed by atoms with E-state index in [0.29, 0.717) is 10.8 Å². The fraction of sp³-hybridized carbons (Fsp3) is 0.389. The molecule has 2 aliphatic rings. The van der Waals surface area contributed by atoms with Crippen LogP contribution in [0.25, 0.3) is 0 Å². The summed E-state index contributed by atoms with van der Waals surface area (Å²) in [5, 5.41) is 4.82. The molecule has 0 aromatic heterocycles. The number of nitrogens with one attached hydrogen (secondary N) is 1. The Morgan fingerprint density at radius 1 is 1.12 bits per heavy atom. The summed E-state index contributed by atoms with van der Waals surface area (Å²) in [5.74, 6) is -1.82. The zero-order valence-electron chi connectivity index (χ0n) is 14.4. The molecule has 8 heteroatoms. The summed E-state index contributed by atoms with van der Waals surface area (Å²) in [7, 11) is 0. The number of hydroxylamine groups is 2. The summed E-state index contributed by atoms with van der Waals surface area (Å²) in [6, 6.07) is 6.28. The topological polar surface area (TPSA) is 105 Å². The number of ketones is 1. The smallest absolute Gasteiger partial charge is 0.325 e. The molecular formula is C18H19N3O5. The van der Waals surface area contributed by atoms with Crippen molar-refractivity contribution < 1.29 is 24.0 Å². The highest BCUT2D eigenvalue weighted by Gasteiger charge is 2.33. The molecule has 0 spiro atoms. The minimum absolute atomic E-state index is 0.0521. The van der Waals surface area contributed by atoms with Crippen molar-refractivity contribution in [2.75, 3.05) is 5.43 Å². The molecule has 1 aliphatic carbocycles. The van der Waals surface area contributed by atoms with E-state index >= 15 is 0 Å². The van der Waals surface area contributed by atoms with Crippen molar-refractivity contribution in [2.45, 2.75) is 39.0 Å². The van der Waals surface area contributed by atoms with Gasteiger partial charge in [-0.15, -0.1) is 5.06 Å². The first-order valence-electron chi connectivity index (χ1n) is 8.47. The van der Waals surface area contributed by atoms with Crippen LogP contribution in [0.4, 0.5) is 5.69 Å². The van der Waals surface area contributed by atoms with Gasteiger partial charge in [-0.1, -0.05) is 0 Å². The Kier molecular flexibility index (Phi) is 5.11. The van der Waals surface area contributed by atoms with Crippen LogP contribution >= 0.6 is 0 Å². The predicted molar refractivity (Wildman–Crippen MR) is 92.0 cm³/mol. The molecule has 1 unspecified atom stereocenters. The van der Waals surface area contributed by atoms with Crippen molar-refractivity contribution in [3.8, 4) is 0 Å². The van der Waals surface area contributed by atoms with Gasteiger partial charge in [0, 0.05) is 18.6 Å². The Bertz CT molecular complexity index is 769. The molecule has 0 radical (unpaired) electrons. The number of imide groups is 1. The number of rotatable bonds is 5. The third-order valence-electron chi connectivity index (χ3n) is 4.45. The number of carbonyl (C=O) groups excluding carboxylic acids is 4. The van der Waals surface area contributed by atoms with Crippen molar-refractivity contribution in [2.24, 2.45) is 11.0 Å². The molecule has 1 N–H and O–H groups in total. The van der Waals surface area contributed by atoms with Gasteiger partial charge in [0.15, 0.2) is 0 Å². The highest BCUT2D eigenvalue weighted by molar-refractivity contribution is 6.05. The molecule has 1 heterocycles. The second-order valence-corrected chi connectivity index (χ2v) is 6.31. The maximum atomic E-state index is 12.0. The van der Waals surface area contributed by atoms with Gasteiger partial charge >= 0.3 is 5.97 Å². The lowest BCUT2D eigenvalue weighted by molar-refractivity contribution is -0.172. The minimum Gasteiger partial charge on any atom is -0.325 e. The lowest BCUT2D eigenvalue weighted by Gasteiger charge is -2.12. The fourth-order valence-electron chi connectivity index (χ4n) is 3.01. The van der Waals surface area contributed by atoms with E-state index in [1.165, 1.54) is 12.1 Å². The first-order chi connectivity index (χ1) is 12.5. The van der Waals surface area contributed by atoms with Gasteiger partial charge in [0.1, 0.15) is 5.78 Å². The van der Waals surface area contributed by atoms with E-state index < -0.39 is 17.8 Å². The van der Waals surface area contributed by atoms with Gasteiger partial charge < -0.3 is 4.84 Å². The quantitative estimate of drug-likeness (QED) is 0.639. The first-order valence-corrected chi connectivity index (χ1v) is 8.47. The Morgan fingerprint density at radius 3 is 2.38 bits per heavy atom. The summed E-state index contributed by atoms with van der Waals surface area (Å²) in [5.41, 5.74) is 4.59. The van der Waals surface area contributed by atoms with Crippen molar-refractivity contribution >= 4 is 35.0 Å². The van der Waals surface area contributed by atoms with Crippen LogP contribution in [0, 0.1) is 5.92 Å². The second-order valence-electron chi connectivity index (χ2n) is 6.31. The van der Waals surface area contributed by atoms with E-state index in [1.807, 2.05) is 0 Å². The molecule has 0 bridgehead atoms. The van der Waals surface area contributed by atoms with Crippen LogP contribution in [0.5, 0.6) is 0 Å². The zero-order chi connectivity index (χ0) is 18.7. The Hall–Kier alpha value is -3.03. The molecule has 1 saturated heterocycles. The van der Waals surface area contributed by atoms with Gasteiger partial charge in [-0.05, 0) is 50.5 Å². The van der Waals surface area contributed by atoms with Crippen molar-refractivity contribution in [1.82, 2.24) is 5.06 Å². The number of Topliss-reactive ketones (excluding diaryl/α,β-unsaturated/α-hetero) is 1. The maximum absolute atomic E-state index is 12.0. The van der Waals surface area contributed by atoms with Crippen molar-refractivity contribution in [1.29, 1.82) is 0 Å². The van der Waals surface area contributed by atoms with Crippen molar-refractivity contribution in [3.05, 3.63) is 29.8 Å². The van der Waals surface area contributed by atoms with Crippen LogP contribution in [0.3, 0.4) is 0 Å². The number of hydrazone groups is 1. The predicted octanol–water partition coefficient (Wildman–Crippen LogP) is 2.06. The number of amides is 2. The summed E-state index contributed by atoms with van der Waals surface area (Å²) >= 11 is 0. The lowest BCUT2D eigenvalue weighted by Crippen LogP contribution is -2.32. The van der Waals surface area contributed by atoms with E-state index in [1.54, 1.807) is 19.1 Å². The maximum Gasteiger partial charge on any atom is 0.363 e. The van der Waals surface area contributed by atoms with Crippen LogP contribution < -0.4 is 5.43 Å². The largest absolute Gasteiger partial charge is 0.363 e. The van der Waals surface area contributed by atoms with Crippen LogP contribution in [-0.4, -0.2) is 34.3 Å². The van der Waals surface area contributed by atoms with Crippen molar-refractivity contribution in [3.63, 3.8) is 0 Å². The third kappa shape index (κ3) is 3.79. The fourth-order valence-corrected chi connectivity index (χ4v) is 3.01. The number of hydrogen-bond acceptors (Lipinski definition) is 7. The monoisotopic (exact) mass is 357 g/mol. The Balaban J connectivity index is 1.61. The van der Waals surface area contributed by atoms with E-state index in [9.17, 15) is 19.2 Å². The number of nitrogens with zero attached hydrogens (tertiary/aromatic N) is 2. The molecule has 3 rings (SSSR count). The Labute approximate surface area is 150 Å². The minimum atomic E-state index is -0.779. The van der Waals surface area contributed by atoms with Gasteiger partial charge in [-0.2, -0.15) is 5.10 Å². The molecule has 1 saturated carbocycles. The van der Waals surface area contributed by atoms with E-state index in [4.69, 9.17) is 4.84 Å². The molecule has 136 valence electrons. The molecule has 8 nitrogen and oxygen atoms in total. The molecule has 1 aromatic rings. The molecule has 2 amide bonds. The molecule has 1 aliphatic heterocycles. The van der Waals surface area contributed by atoms with E-state index in [-0.39, 0.29) is 30.1 Å². The normalized spacial score (nSPS) is 21.3. The molecular weight excluding hydrogens is 338 g/mol. The van der Waals surface area contributed by atoms with E-state index in [2.05, 4.69) is 10.5 Å². The summed E-state index contributed by atoms with van der Waals surface area (Å²) in [6.07, 6.45) is 2.67. The third-order valence-corrected chi connectivity index (χ3v) is 4.45. The number of anilines is 1. The van der Waals surface area contributed by atoms with Gasteiger partial charge in [0.05, 0.1) is 17.2 Å². The average Bonchev–Trinajstić information content (AvgIpc) is 3.22. The van der Waals surface area contributed by atoms with Crippen LogP contribution in [0.2, 0.25) is 0 Å². The molecule has 1 aromatic carbocycles. The highest BCUT2D eigenvalue weighted by Crippen LogP contribution is 2.24. The molecule has 1 atom stereocenters. The second kappa shape index (κ2) is 7.47. The van der Waals surface area contributed by atoms with Gasteiger partial charge in [0.2, 0.25) is 0 Å². The lowest BCUT2D eigenvalue weighted by atomic mass is 10.0.